The Bertz CT molecular complexity index is 1430. The summed E-state index contributed by atoms with van der Waals surface area (Å²) in [7, 11) is 0. The van der Waals surface area contributed by atoms with Gasteiger partial charge in [-0.15, -0.1) is 21.5 Å². The lowest BCUT2D eigenvalue weighted by Crippen LogP contribution is -2.23. The van der Waals surface area contributed by atoms with E-state index in [0.29, 0.717) is 34.6 Å². The van der Waals surface area contributed by atoms with Crippen molar-refractivity contribution in [1.82, 2.24) is 19.7 Å². The first-order valence-corrected chi connectivity index (χ1v) is 12.6. The summed E-state index contributed by atoms with van der Waals surface area (Å²) < 4.78 is 7.62. The van der Waals surface area contributed by atoms with Gasteiger partial charge in [0.2, 0.25) is 11.8 Å². The van der Waals surface area contributed by atoms with Gasteiger partial charge in [-0.1, -0.05) is 67.2 Å². The van der Waals surface area contributed by atoms with E-state index in [0.717, 1.165) is 28.1 Å². The van der Waals surface area contributed by atoms with Gasteiger partial charge in [0.05, 0.1) is 11.1 Å². The van der Waals surface area contributed by atoms with E-state index < -0.39 is 0 Å². The van der Waals surface area contributed by atoms with E-state index in [1.54, 1.807) is 15.9 Å². The second-order valence-corrected chi connectivity index (χ2v) is 9.59. The molecule has 0 aliphatic heterocycles. The normalized spacial score (nSPS) is 11.3. The fraction of sp³-hybridized carbons (Fsp3) is 0.200. The topological polar surface area (TPSA) is 73.8 Å². The number of hydrogen-bond acceptors (Lipinski definition) is 7. The van der Waals surface area contributed by atoms with Crippen molar-refractivity contribution in [3.8, 4) is 11.5 Å². The lowest BCUT2D eigenvalue weighted by molar-refractivity contribution is 0.527. The van der Waals surface area contributed by atoms with E-state index in [2.05, 4.69) is 29.3 Å². The zero-order chi connectivity index (χ0) is 22.6. The predicted octanol–water partition coefficient (Wildman–Crippen LogP) is 5.61. The van der Waals surface area contributed by atoms with Crippen LogP contribution in [0.3, 0.4) is 0 Å². The Morgan fingerprint density at radius 1 is 1.03 bits per heavy atom. The average molecular weight is 475 g/mol. The molecule has 3 heterocycles. The van der Waals surface area contributed by atoms with Crippen LogP contribution in [0.2, 0.25) is 0 Å². The van der Waals surface area contributed by atoms with E-state index in [-0.39, 0.29) is 5.56 Å². The Morgan fingerprint density at radius 3 is 2.55 bits per heavy atom. The summed E-state index contributed by atoms with van der Waals surface area (Å²) in [5.41, 5.74) is 2.07. The van der Waals surface area contributed by atoms with Crippen LogP contribution in [0.25, 0.3) is 21.7 Å². The summed E-state index contributed by atoms with van der Waals surface area (Å²) in [6.07, 6.45) is 1.64. The van der Waals surface area contributed by atoms with Crippen LogP contribution >= 0.6 is 23.1 Å². The van der Waals surface area contributed by atoms with Crippen LogP contribution in [-0.4, -0.2) is 19.7 Å². The van der Waals surface area contributed by atoms with Crippen molar-refractivity contribution in [1.29, 1.82) is 0 Å². The molecule has 8 heteroatoms. The molecular formula is C25H22N4O2S2. The lowest BCUT2D eigenvalue weighted by atomic mass is 10.1. The number of hydrogen-bond donors (Lipinski definition) is 0. The molecule has 0 bridgehead atoms. The maximum atomic E-state index is 13.4. The SMILES string of the molecule is CCc1cc2c(=O)n(CCc3ccccc3)c(SCc3nnc(-c4ccccc4)o3)nc2s1. The number of aryl methyl sites for hydroxylation is 2. The number of fused-ring (bicyclic) bond motifs is 1. The Morgan fingerprint density at radius 2 is 1.79 bits per heavy atom. The quantitative estimate of drug-likeness (QED) is 0.215. The van der Waals surface area contributed by atoms with Crippen LogP contribution in [-0.2, 0) is 25.1 Å². The second-order valence-electron chi connectivity index (χ2n) is 7.53. The third-order valence-electron chi connectivity index (χ3n) is 5.29. The minimum absolute atomic E-state index is 0.00452. The van der Waals surface area contributed by atoms with Crippen molar-refractivity contribution >= 4 is 33.3 Å². The smallest absolute Gasteiger partial charge is 0.262 e. The number of thiophene rings is 1. The standard InChI is InChI=1S/C25H22N4O2S2/c1-2-19-15-20-23(33-19)26-25(29(24(20)30)14-13-17-9-5-3-6-10-17)32-16-21-27-28-22(31-21)18-11-7-4-8-12-18/h3-12,15H,2,13-14,16H2,1H3. The van der Waals surface area contributed by atoms with Gasteiger partial charge in [0, 0.05) is 17.0 Å². The van der Waals surface area contributed by atoms with Gasteiger partial charge in [-0.2, -0.15) is 0 Å². The highest BCUT2D eigenvalue weighted by Gasteiger charge is 2.16. The van der Waals surface area contributed by atoms with Crippen molar-refractivity contribution in [2.75, 3.05) is 0 Å². The molecule has 0 fully saturated rings. The third-order valence-corrected chi connectivity index (χ3v) is 7.43. The molecule has 2 aromatic carbocycles. The number of rotatable bonds is 8. The Balaban J connectivity index is 1.43. The summed E-state index contributed by atoms with van der Waals surface area (Å²) in [4.78, 5) is 20.2. The summed E-state index contributed by atoms with van der Waals surface area (Å²) in [6, 6.07) is 21.8. The molecule has 5 aromatic rings. The van der Waals surface area contributed by atoms with E-state index in [1.165, 1.54) is 17.3 Å². The van der Waals surface area contributed by atoms with Crippen LogP contribution in [0.1, 0.15) is 23.3 Å². The van der Waals surface area contributed by atoms with E-state index in [1.807, 2.05) is 54.6 Å². The summed E-state index contributed by atoms with van der Waals surface area (Å²) in [6.45, 7) is 2.65. The Hall–Kier alpha value is -3.23. The second kappa shape index (κ2) is 9.72. The first-order valence-electron chi connectivity index (χ1n) is 10.8. The molecule has 166 valence electrons. The minimum Gasteiger partial charge on any atom is -0.420 e. The van der Waals surface area contributed by atoms with Crippen molar-refractivity contribution in [2.24, 2.45) is 0 Å². The first kappa shape index (κ1) is 21.6. The fourth-order valence-corrected chi connectivity index (χ4v) is 5.42. The van der Waals surface area contributed by atoms with Crippen molar-refractivity contribution in [3.63, 3.8) is 0 Å². The average Bonchev–Trinajstić information content (AvgIpc) is 3.51. The lowest BCUT2D eigenvalue weighted by Gasteiger charge is -2.11. The molecule has 5 rings (SSSR count). The molecule has 33 heavy (non-hydrogen) atoms. The van der Waals surface area contributed by atoms with Gasteiger partial charge in [-0.3, -0.25) is 9.36 Å². The van der Waals surface area contributed by atoms with Crippen LogP contribution in [0.15, 0.2) is 81.1 Å². The van der Waals surface area contributed by atoms with Crippen molar-refractivity contribution < 1.29 is 4.42 Å². The Kier molecular flexibility index (Phi) is 6.37. The molecule has 0 aliphatic carbocycles. The molecule has 0 atom stereocenters. The van der Waals surface area contributed by atoms with Gasteiger partial charge in [0.15, 0.2) is 5.16 Å². The van der Waals surface area contributed by atoms with Gasteiger partial charge in [-0.25, -0.2) is 4.98 Å². The predicted molar refractivity (Wildman–Crippen MR) is 133 cm³/mol. The largest absolute Gasteiger partial charge is 0.420 e. The maximum absolute atomic E-state index is 13.4. The molecular weight excluding hydrogens is 452 g/mol. The molecule has 0 amide bonds. The molecule has 0 aliphatic rings. The zero-order valence-corrected chi connectivity index (χ0v) is 19.7. The molecule has 0 unspecified atom stereocenters. The van der Waals surface area contributed by atoms with Gasteiger partial charge in [-0.05, 0) is 36.6 Å². The zero-order valence-electron chi connectivity index (χ0n) is 18.1. The molecule has 0 saturated heterocycles. The number of thioether (sulfide) groups is 1. The van der Waals surface area contributed by atoms with Crippen LogP contribution in [0.4, 0.5) is 0 Å². The number of aromatic nitrogens is 4. The third kappa shape index (κ3) is 4.77. The highest BCUT2D eigenvalue weighted by Crippen LogP contribution is 2.27. The van der Waals surface area contributed by atoms with Gasteiger partial charge < -0.3 is 4.42 Å². The van der Waals surface area contributed by atoms with Crippen LogP contribution < -0.4 is 5.56 Å². The van der Waals surface area contributed by atoms with Crippen molar-refractivity contribution in [3.05, 3.63) is 93.4 Å². The molecule has 0 N–H and O–H groups in total. The van der Waals surface area contributed by atoms with Crippen molar-refractivity contribution in [2.45, 2.75) is 37.2 Å². The first-order chi connectivity index (χ1) is 16.2. The van der Waals surface area contributed by atoms with Crippen LogP contribution in [0, 0.1) is 0 Å². The van der Waals surface area contributed by atoms with Gasteiger partial charge in [0.1, 0.15) is 4.83 Å². The van der Waals surface area contributed by atoms with Crippen LogP contribution in [0.5, 0.6) is 0 Å². The van der Waals surface area contributed by atoms with Gasteiger partial charge in [0.25, 0.3) is 5.56 Å². The van der Waals surface area contributed by atoms with E-state index in [9.17, 15) is 4.79 Å². The van der Waals surface area contributed by atoms with Gasteiger partial charge >= 0.3 is 0 Å². The Labute approximate surface area is 199 Å². The number of nitrogens with zero attached hydrogens (tertiary/aromatic N) is 4. The highest BCUT2D eigenvalue weighted by molar-refractivity contribution is 7.98. The molecule has 0 spiro atoms. The maximum Gasteiger partial charge on any atom is 0.262 e. The molecule has 0 radical (unpaired) electrons. The molecule has 6 nitrogen and oxygen atoms in total. The highest BCUT2D eigenvalue weighted by atomic mass is 32.2. The number of benzene rings is 2. The fourth-order valence-electron chi connectivity index (χ4n) is 3.55. The summed E-state index contributed by atoms with van der Waals surface area (Å²) in [5, 5.41) is 9.71. The minimum atomic E-state index is 0.00452. The van der Waals surface area contributed by atoms with E-state index >= 15 is 0 Å². The molecule has 0 saturated carbocycles. The summed E-state index contributed by atoms with van der Waals surface area (Å²) in [5.74, 6) is 1.43. The summed E-state index contributed by atoms with van der Waals surface area (Å²) >= 11 is 3.03. The monoisotopic (exact) mass is 474 g/mol. The molecule has 3 aromatic heterocycles. The van der Waals surface area contributed by atoms with E-state index in [4.69, 9.17) is 9.40 Å².